The van der Waals surface area contributed by atoms with Crippen molar-refractivity contribution in [2.24, 2.45) is 0 Å². The van der Waals surface area contributed by atoms with Gasteiger partial charge in [-0.1, -0.05) is 37.1 Å². The number of halogens is 1. The number of hydrogen-bond donors (Lipinski definition) is 1. The van der Waals surface area contributed by atoms with Gasteiger partial charge in [0, 0.05) is 11.6 Å². The highest BCUT2D eigenvalue weighted by Crippen LogP contribution is 2.25. The molecule has 0 spiro atoms. The lowest BCUT2D eigenvalue weighted by atomic mass is 10.1. The molecule has 1 unspecified atom stereocenters. The molecule has 0 saturated heterocycles. The van der Waals surface area contributed by atoms with Crippen LogP contribution in [0.5, 0.6) is 0 Å². The van der Waals surface area contributed by atoms with E-state index in [4.69, 9.17) is 4.74 Å². The molecule has 3 amide bonds. The van der Waals surface area contributed by atoms with Crippen molar-refractivity contribution in [2.75, 3.05) is 6.54 Å². The first kappa shape index (κ1) is 20.7. The Balaban J connectivity index is 1.49. The van der Waals surface area contributed by atoms with Gasteiger partial charge in [0.2, 0.25) is 6.10 Å². The molecule has 1 N–H and O–H groups in total. The predicted octanol–water partition coefficient (Wildman–Crippen LogP) is 2.77. The highest BCUT2D eigenvalue weighted by Gasteiger charge is 2.37. The molecular weight excluding hydrogens is 403 g/mol. The molecule has 1 saturated carbocycles. The zero-order valence-electron chi connectivity index (χ0n) is 16.7. The van der Waals surface area contributed by atoms with Crippen LogP contribution in [0.25, 0.3) is 0 Å². The van der Waals surface area contributed by atoms with Gasteiger partial charge < -0.3 is 10.1 Å². The van der Waals surface area contributed by atoms with Crippen LogP contribution in [0.4, 0.5) is 4.39 Å². The molecule has 2 aromatic rings. The molecule has 4 rings (SSSR count). The van der Waals surface area contributed by atoms with E-state index < -0.39 is 42.2 Å². The third kappa shape index (κ3) is 4.33. The molecule has 1 aliphatic carbocycles. The number of esters is 1. The van der Waals surface area contributed by atoms with Crippen LogP contribution in [0.15, 0.2) is 48.5 Å². The number of hydrogen-bond acceptors (Lipinski definition) is 5. The van der Waals surface area contributed by atoms with E-state index in [0.29, 0.717) is 5.56 Å². The normalized spacial score (nSPS) is 16.9. The maximum atomic E-state index is 13.3. The Morgan fingerprint density at radius 2 is 1.58 bits per heavy atom. The first-order chi connectivity index (χ1) is 14.9. The Morgan fingerprint density at radius 3 is 2.16 bits per heavy atom. The van der Waals surface area contributed by atoms with E-state index in [0.717, 1.165) is 30.6 Å². The molecule has 2 aliphatic rings. The van der Waals surface area contributed by atoms with Crippen LogP contribution in [0.1, 0.15) is 58.1 Å². The Bertz CT molecular complexity index is 996. The van der Waals surface area contributed by atoms with Crippen LogP contribution in [0.3, 0.4) is 0 Å². The lowest BCUT2D eigenvalue weighted by Crippen LogP contribution is -2.40. The van der Waals surface area contributed by atoms with Crippen LogP contribution in [0, 0.1) is 5.82 Å². The highest BCUT2D eigenvalue weighted by atomic mass is 19.1. The first-order valence-corrected chi connectivity index (χ1v) is 10.1. The van der Waals surface area contributed by atoms with Gasteiger partial charge in [-0.25, -0.2) is 4.39 Å². The molecule has 1 atom stereocenters. The van der Waals surface area contributed by atoms with Gasteiger partial charge in [0.1, 0.15) is 12.4 Å². The number of nitrogens with one attached hydrogen (secondary N) is 1. The summed E-state index contributed by atoms with van der Waals surface area (Å²) in [5, 5.41) is 2.87. The summed E-state index contributed by atoms with van der Waals surface area (Å²) >= 11 is 0. The minimum Gasteiger partial charge on any atom is -0.446 e. The SMILES string of the molecule is O=C(CN1C(=O)c2ccccc2C1=O)OC(C(=O)NC1CCCC1)c1ccc(F)cc1. The van der Waals surface area contributed by atoms with Crippen molar-refractivity contribution in [3.05, 3.63) is 71.0 Å². The maximum absolute atomic E-state index is 13.3. The number of carbonyl (C=O) groups is 4. The summed E-state index contributed by atoms with van der Waals surface area (Å²) in [5.41, 5.74) is 0.733. The fourth-order valence-corrected chi connectivity index (χ4v) is 3.94. The van der Waals surface area contributed by atoms with Gasteiger partial charge in [-0.15, -0.1) is 0 Å². The summed E-state index contributed by atoms with van der Waals surface area (Å²) in [6.45, 7) is -0.624. The first-order valence-electron chi connectivity index (χ1n) is 10.1. The number of benzene rings is 2. The van der Waals surface area contributed by atoms with Crippen LogP contribution < -0.4 is 5.32 Å². The summed E-state index contributed by atoms with van der Waals surface area (Å²) < 4.78 is 18.7. The third-order valence-corrected chi connectivity index (χ3v) is 5.53. The molecule has 7 nitrogen and oxygen atoms in total. The number of imide groups is 1. The number of nitrogens with zero attached hydrogens (tertiary/aromatic N) is 1. The minimum absolute atomic E-state index is 0.00890. The maximum Gasteiger partial charge on any atom is 0.327 e. The quantitative estimate of drug-likeness (QED) is 0.569. The van der Waals surface area contributed by atoms with Crippen molar-refractivity contribution in [2.45, 2.75) is 37.8 Å². The number of fused-ring (bicyclic) bond motifs is 1. The Morgan fingerprint density at radius 1 is 1.00 bits per heavy atom. The molecule has 0 radical (unpaired) electrons. The summed E-state index contributed by atoms with van der Waals surface area (Å²) in [7, 11) is 0. The Kier molecular flexibility index (Phi) is 5.79. The smallest absolute Gasteiger partial charge is 0.327 e. The lowest BCUT2D eigenvalue weighted by molar-refractivity contribution is -0.156. The zero-order chi connectivity index (χ0) is 22.0. The molecule has 160 valence electrons. The standard InChI is InChI=1S/C23H21FN2O5/c24-15-11-9-14(10-12-15)20(21(28)25-16-5-1-2-6-16)31-19(27)13-26-22(29)17-7-3-4-8-18(17)23(26)30/h3-4,7-12,16,20H,1-2,5-6,13H2,(H,25,28). The summed E-state index contributed by atoms with van der Waals surface area (Å²) in [6.07, 6.45) is 2.37. The molecule has 0 aromatic heterocycles. The van der Waals surface area contributed by atoms with E-state index in [2.05, 4.69) is 5.32 Å². The van der Waals surface area contributed by atoms with Crippen molar-refractivity contribution in [3.8, 4) is 0 Å². The minimum atomic E-state index is -1.32. The van der Waals surface area contributed by atoms with Crippen LogP contribution in [-0.4, -0.2) is 41.2 Å². The second-order valence-corrected chi connectivity index (χ2v) is 7.65. The number of rotatable bonds is 6. The van der Waals surface area contributed by atoms with Crippen LogP contribution >= 0.6 is 0 Å². The number of carbonyl (C=O) groups excluding carboxylic acids is 4. The van der Waals surface area contributed by atoms with Crippen molar-refractivity contribution < 1.29 is 28.3 Å². The van der Waals surface area contributed by atoms with Gasteiger partial charge in [0.05, 0.1) is 11.1 Å². The lowest BCUT2D eigenvalue weighted by Gasteiger charge is -2.22. The molecule has 8 heteroatoms. The largest absolute Gasteiger partial charge is 0.446 e. The van der Waals surface area contributed by atoms with Crippen LogP contribution in [-0.2, 0) is 14.3 Å². The average molecular weight is 424 g/mol. The molecule has 1 heterocycles. The van der Waals surface area contributed by atoms with Crippen molar-refractivity contribution >= 4 is 23.7 Å². The van der Waals surface area contributed by atoms with Gasteiger partial charge in [0.25, 0.3) is 17.7 Å². The van der Waals surface area contributed by atoms with Crippen molar-refractivity contribution in [3.63, 3.8) is 0 Å². The topological polar surface area (TPSA) is 92.8 Å². The second kappa shape index (κ2) is 8.67. The van der Waals surface area contributed by atoms with Gasteiger partial charge in [-0.2, -0.15) is 0 Å². The van der Waals surface area contributed by atoms with Gasteiger partial charge >= 0.3 is 5.97 Å². The molecular formula is C23H21FN2O5. The van der Waals surface area contributed by atoms with Gasteiger partial charge in [0.15, 0.2) is 0 Å². The fraction of sp³-hybridized carbons (Fsp3) is 0.304. The fourth-order valence-electron chi connectivity index (χ4n) is 3.94. The van der Waals surface area contributed by atoms with E-state index in [9.17, 15) is 23.6 Å². The van der Waals surface area contributed by atoms with E-state index in [1.807, 2.05) is 0 Å². The third-order valence-electron chi connectivity index (χ3n) is 5.53. The van der Waals surface area contributed by atoms with E-state index in [1.165, 1.54) is 36.4 Å². The van der Waals surface area contributed by atoms with Gasteiger partial charge in [-0.05, 0) is 37.1 Å². The number of amides is 3. The van der Waals surface area contributed by atoms with Crippen molar-refractivity contribution in [1.29, 1.82) is 0 Å². The second-order valence-electron chi connectivity index (χ2n) is 7.65. The van der Waals surface area contributed by atoms with Gasteiger partial charge in [-0.3, -0.25) is 24.1 Å². The van der Waals surface area contributed by atoms with E-state index >= 15 is 0 Å². The Labute approximate surface area is 178 Å². The monoisotopic (exact) mass is 424 g/mol. The van der Waals surface area contributed by atoms with E-state index in [-0.39, 0.29) is 17.2 Å². The molecule has 0 bridgehead atoms. The zero-order valence-corrected chi connectivity index (χ0v) is 16.7. The predicted molar refractivity (Wildman–Crippen MR) is 107 cm³/mol. The average Bonchev–Trinajstić information content (AvgIpc) is 3.36. The summed E-state index contributed by atoms with van der Waals surface area (Å²) in [4.78, 5) is 51.2. The molecule has 1 fully saturated rings. The Hall–Kier alpha value is -3.55. The molecule has 31 heavy (non-hydrogen) atoms. The molecule has 2 aromatic carbocycles. The summed E-state index contributed by atoms with van der Waals surface area (Å²) in [6, 6.07) is 11.3. The van der Waals surface area contributed by atoms with Crippen LogP contribution in [0.2, 0.25) is 0 Å². The molecule has 1 aliphatic heterocycles. The highest BCUT2D eigenvalue weighted by molar-refractivity contribution is 6.22. The van der Waals surface area contributed by atoms with Crippen molar-refractivity contribution in [1.82, 2.24) is 10.2 Å². The number of ether oxygens (including phenoxy) is 1. The summed E-state index contributed by atoms with van der Waals surface area (Å²) in [5.74, 6) is -3.10. The van der Waals surface area contributed by atoms with E-state index in [1.54, 1.807) is 12.1 Å².